The van der Waals surface area contributed by atoms with Crippen LogP contribution in [0.3, 0.4) is 0 Å². The van der Waals surface area contributed by atoms with Crippen molar-refractivity contribution in [1.29, 1.82) is 0 Å². The van der Waals surface area contributed by atoms with E-state index < -0.39 is 0 Å². The maximum absolute atomic E-state index is 11.3. The standard InChI is InChI=1S/C6H12N2O/c1-2-8(9)5-3-7-4-6-8/h2,7H,1,3-6H2. The molecule has 0 unspecified atom stereocenters. The van der Waals surface area contributed by atoms with Gasteiger partial charge in [-0.15, -0.1) is 0 Å². The van der Waals surface area contributed by atoms with Gasteiger partial charge in [-0.1, -0.05) is 0 Å². The molecule has 1 fully saturated rings. The van der Waals surface area contributed by atoms with Gasteiger partial charge in [0, 0.05) is 13.1 Å². The van der Waals surface area contributed by atoms with Gasteiger partial charge in [0.05, 0.1) is 19.3 Å². The number of quaternary nitrogens is 1. The highest BCUT2D eigenvalue weighted by atomic mass is 16.5. The van der Waals surface area contributed by atoms with Gasteiger partial charge in [0.15, 0.2) is 0 Å². The Bertz CT molecular complexity index is 108. The molecule has 0 aromatic heterocycles. The summed E-state index contributed by atoms with van der Waals surface area (Å²) in [5.74, 6) is 0. The number of hydrogen-bond donors (Lipinski definition) is 1. The molecule has 1 aliphatic rings. The zero-order chi connectivity index (χ0) is 6.74. The molecular formula is C6H12N2O. The molecule has 52 valence electrons. The van der Waals surface area contributed by atoms with Gasteiger partial charge in [0.1, 0.15) is 0 Å². The summed E-state index contributed by atoms with van der Waals surface area (Å²) in [6, 6.07) is 0. The molecular weight excluding hydrogens is 116 g/mol. The van der Waals surface area contributed by atoms with Crippen molar-refractivity contribution in [3.8, 4) is 0 Å². The number of nitrogens with one attached hydrogen (secondary N) is 1. The first kappa shape index (κ1) is 6.74. The van der Waals surface area contributed by atoms with E-state index in [0.717, 1.165) is 13.1 Å². The van der Waals surface area contributed by atoms with Crippen LogP contribution >= 0.6 is 0 Å². The first-order chi connectivity index (χ1) is 4.27. The quantitative estimate of drug-likeness (QED) is 0.400. The molecule has 3 heteroatoms. The van der Waals surface area contributed by atoms with Crippen LogP contribution in [0.15, 0.2) is 12.8 Å². The monoisotopic (exact) mass is 128 g/mol. The smallest absolute Gasteiger partial charge is 0.0953 e. The summed E-state index contributed by atoms with van der Waals surface area (Å²) < 4.78 is -0.229. The Kier molecular flexibility index (Phi) is 1.85. The number of hydroxylamine groups is 3. The summed E-state index contributed by atoms with van der Waals surface area (Å²) in [6.07, 6.45) is 1.47. The second kappa shape index (κ2) is 2.47. The number of piperazine rings is 1. The third-order valence-electron chi connectivity index (χ3n) is 1.67. The van der Waals surface area contributed by atoms with Crippen LogP contribution in [-0.2, 0) is 0 Å². The van der Waals surface area contributed by atoms with Gasteiger partial charge >= 0.3 is 0 Å². The summed E-state index contributed by atoms with van der Waals surface area (Å²) in [4.78, 5) is 0. The van der Waals surface area contributed by atoms with E-state index in [2.05, 4.69) is 11.9 Å². The number of hydrogen-bond acceptors (Lipinski definition) is 2. The van der Waals surface area contributed by atoms with E-state index in [-0.39, 0.29) is 4.65 Å². The van der Waals surface area contributed by atoms with E-state index in [0.29, 0.717) is 13.1 Å². The Hall–Kier alpha value is -0.380. The van der Waals surface area contributed by atoms with E-state index in [4.69, 9.17) is 0 Å². The molecule has 0 amide bonds. The fraction of sp³-hybridized carbons (Fsp3) is 0.667. The Morgan fingerprint density at radius 2 is 2.00 bits per heavy atom. The molecule has 0 aliphatic carbocycles. The van der Waals surface area contributed by atoms with Crippen LogP contribution in [0.4, 0.5) is 0 Å². The molecule has 1 rings (SSSR count). The van der Waals surface area contributed by atoms with Gasteiger partial charge in [-0.2, -0.15) is 0 Å². The summed E-state index contributed by atoms with van der Waals surface area (Å²) in [5, 5.41) is 14.4. The van der Waals surface area contributed by atoms with Crippen LogP contribution in [0.2, 0.25) is 0 Å². The van der Waals surface area contributed by atoms with Crippen molar-refractivity contribution in [2.75, 3.05) is 26.2 Å². The van der Waals surface area contributed by atoms with Crippen molar-refractivity contribution in [3.63, 3.8) is 0 Å². The highest BCUT2D eigenvalue weighted by Crippen LogP contribution is 2.04. The van der Waals surface area contributed by atoms with Crippen molar-refractivity contribution in [2.24, 2.45) is 0 Å². The van der Waals surface area contributed by atoms with E-state index in [1.165, 1.54) is 6.20 Å². The van der Waals surface area contributed by atoms with Gasteiger partial charge in [-0.05, 0) is 6.58 Å². The summed E-state index contributed by atoms with van der Waals surface area (Å²) in [7, 11) is 0. The fourth-order valence-corrected chi connectivity index (χ4v) is 0.956. The fourth-order valence-electron chi connectivity index (χ4n) is 0.956. The zero-order valence-corrected chi connectivity index (χ0v) is 5.47. The molecule has 0 aromatic rings. The van der Waals surface area contributed by atoms with Gasteiger partial charge < -0.3 is 15.2 Å². The minimum Gasteiger partial charge on any atom is -0.628 e. The maximum Gasteiger partial charge on any atom is 0.0953 e. The van der Waals surface area contributed by atoms with Crippen molar-refractivity contribution in [2.45, 2.75) is 0 Å². The first-order valence-electron chi connectivity index (χ1n) is 3.19. The molecule has 1 heterocycles. The molecule has 0 bridgehead atoms. The largest absolute Gasteiger partial charge is 0.628 e. The van der Waals surface area contributed by atoms with Crippen LogP contribution in [0, 0.1) is 5.21 Å². The summed E-state index contributed by atoms with van der Waals surface area (Å²) in [6.45, 7) is 6.37. The summed E-state index contributed by atoms with van der Waals surface area (Å²) in [5.41, 5.74) is 0. The van der Waals surface area contributed by atoms with Crippen molar-refractivity contribution in [3.05, 3.63) is 18.0 Å². The highest BCUT2D eigenvalue weighted by molar-refractivity contribution is 4.64. The van der Waals surface area contributed by atoms with Crippen LogP contribution in [0.25, 0.3) is 0 Å². The first-order valence-corrected chi connectivity index (χ1v) is 3.19. The number of rotatable bonds is 1. The Balaban J connectivity index is 2.46. The average molecular weight is 128 g/mol. The molecule has 0 spiro atoms. The van der Waals surface area contributed by atoms with Gasteiger partial charge in [0.2, 0.25) is 0 Å². The van der Waals surface area contributed by atoms with Gasteiger partial charge in [-0.25, -0.2) is 0 Å². The SMILES string of the molecule is C=C[N+]1([O-])CCNCC1. The molecule has 1 N–H and O–H groups in total. The lowest BCUT2D eigenvalue weighted by Gasteiger charge is -2.41. The lowest BCUT2D eigenvalue weighted by Crippen LogP contribution is -2.50. The topological polar surface area (TPSA) is 35.1 Å². The molecule has 0 atom stereocenters. The van der Waals surface area contributed by atoms with Crippen LogP contribution < -0.4 is 5.32 Å². The van der Waals surface area contributed by atoms with E-state index in [9.17, 15) is 5.21 Å². The molecule has 0 saturated carbocycles. The molecule has 1 aliphatic heterocycles. The minimum atomic E-state index is -0.229. The lowest BCUT2D eigenvalue weighted by atomic mass is 10.4. The van der Waals surface area contributed by atoms with E-state index in [1.807, 2.05) is 0 Å². The Morgan fingerprint density at radius 3 is 2.33 bits per heavy atom. The predicted octanol–water partition coefficient (Wildman–Crippen LogP) is 0.0477. The van der Waals surface area contributed by atoms with Crippen LogP contribution in [0.1, 0.15) is 0 Å². The highest BCUT2D eigenvalue weighted by Gasteiger charge is 2.15. The molecule has 1 saturated heterocycles. The van der Waals surface area contributed by atoms with Gasteiger partial charge in [-0.3, -0.25) is 0 Å². The molecule has 0 aromatic carbocycles. The predicted molar refractivity (Wildman–Crippen MR) is 36.4 cm³/mol. The maximum atomic E-state index is 11.3. The van der Waals surface area contributed by atoms with Crippen LogP contribution in [0.5, 0.6) is 0 Å². The third kappa shape index (κ3) is 1.51. The molecule has 3 nitrogen and oxygen atoms in total. The lowest BCUT2D eigenvalue weighted by molar-refractivity contribution is -0.830. The van der Waals surface area contributed by atoms with Crippen molar-refractivity contribution in [1.82, 2.24) is 5.32 Å². The zero-order valence-electron chi connectivity index (χ0n) is 5.47. The minimum absolute atomic E-state index is 0.229. The van der Waals surface area contributed by atoms with Gasteiger partial charge in [0.25, 0.3) is 0 Å². The van der Waals surface area contributed by atoms with E-state index >= 15 is 0 Å². The van der Waals surface area contributed by atoms with Crippen LogP contribution in [-0.4, -0.2) is 30.8 Å². The molecule has 9 heavy (non-hydrogen) atoms. The Morgan fingerprint density at radius 1 is 1.44 bits per heavy atom. The average Bonchev–Trinajstić information content (AvgIpc) is 1.90. The second-order valence-electron chi connectivity index (χ2n) is 2.33. The van der Waals surface area contributed by atoms with Crippen molar-refractivity contribution >= 4 is 0 Å². The summed E-state index contributed by atoms with van der Waals surface area (Å²) >= 11 is 0. The number of nitrogens with zero attached hydrogens (tertiary/aromatic N) is 1. The van der Waals surface area contributed by atoms with E-state index in [1.54, 1.807) is 0 Å². The van der Waals surface area contributed by atoms with Crippen molar-refractivity contribution < 1.29 is 4.65 Å². The Labute approximate surface area is 55.1 Å². The third-order valence-corrected chi connectivity index (χ3v) is 1.67. The second-order valence-corrected chi connectivity index (χ2v) is 2.33. The molecule has 0 radical (unpaired) electrons. The normalized spacial score (nSPS) is 25.4.